The Bertz CT molecular complexity index is 1590. The highest BCUT2D eigenvalue weighted by Gasteiger charge is 2.43. The van der Waals surface area contributed by atoms with Crippen molar-refractivity contribution in [3.8, 4) is 17.5 Å². The highest BCUT2D eigenvalue weighted by molar-refractivity contribution is 5.72. The standard InChI is InChI=1S/C24H23F3N6O5/c1-31-19-18(20(34)32(22(31)35)12-10-23(38-28)8-9-23)33(14-15-5-2-3-11-29-15)21(30-19)36-16-6-4-7-17(13-16)37-24(25,26)27/h2-7,11,13H,8-10,12,14,28H2,1H3. The average Bonchev–Trinajstić information content (AvgIpc) is 3.58. The first-order valence-electron chi connectivity index (χ1n) is 11.6. The fraction of sp³-hybridized carbons (Fsp3) is 0.333. The number of imidazole rings is 1. The Kier molecular flexibility index (Phi) is 6.44. The van der Waals surface area contributed by atoms with Gasteiger partial charge in [-0.15, -0.1) is 13.2 Å². The maximum Gasteiger partial charge on any atom is 0.573 e. The number of alkyl halides is 3. The molecule has 5 rings (SSSR count). The van der Waals surface area contributed by atoms with Crippen LogP contribution < -0.4 is 26.6 Å². The predicted molar refractivity (Wildman–Crippen MR) is 128 cm³/mol. The maximum absolute atomic E-state index is 13.6. The Hall–Kier alpha value is -4.17. The van der Waals surface area contributed by atoms with Crippen LogP contribution in [0.5, 0.6) is 17.5 Å². The van der Waals surface area contributed by atoms with Gasteiger partial charge in [-0.25, -0.2) is 10.7 Å². The zero-order valence-corrected chi connectivity index (χ0v) is 20.1. The number of fused-ring (bicyclic) bond motifs is 1. The molecule has 4 aromatic rings. The Morgan fingerprint density at radius 2 is 1.84 bits per heavy atom. The minimum Gasteiger partial charge on any atom is -0.425 e. The van der Waals surface area contributed by atoms with E-state index in [1.165, 1.54) is 28.3 Å². The molecule has 0 amide bonds. The minimum absolute atomic E-state index is 0.0228. The average molecular weight is 532 g/mol. The molecule has 1 aliphatic rings. The number of nitrogens with two attached hydrogens (primary N) is 1. The number of hydrogen-bond donors (Lipinski definition) is 1. The molecule has 1 saturated carbocycles. The van der Waals surface area contributed by atoms with Gasteiger partial charge in [-0.05, 0) is 43.5 Å². The van der Waals surface area contributed by atoms with Gasteiger partial charge >= 0.3 is 18.1 Å². The molecule has 2 N–H and O–H groups in total. The van der Waals surface area contributed by atoms with Crippen molar-refractivity contribution < 1.29 is 27.5 Å². The van der Waals surface area contributed by atoms with E-state index in [0.717, 1.165) is 29.5 Å². The molecule has 0 spiro atoms. The van der Waals surface area contributed by atoms with Gasteiger partial charge in [0.15, 0.2) is 11.2 Å². The molecular weight excluding hydrogens is 509 g/mol. The normalized spacial score (nSPS) is 14.6. The molecule has 14 heteroatoms. The maximum atomic E-state index is 13.6. The summed E-state index contributed by atoms with van der Waals surface area (Å²) in [5.41, 5.74) is -1.09. The molecule has 0 bridgehead atoms. The second kappa shape index (κ2) is 9.61. The smallest absolute Gasteiger partial charge is 0.425 e. The summed E-state index contributed by atoms with van der Waals surface area (Å²) in [4.78, 5) is 40.4. The van der Waals surface area contributed by atoms with Gasteiger partial charge in [-0.1, -0.05) is 12.1 Å². The highest BCUT2D eigenvalue weighted by atomic mass is 19.4. The molecule has 11 nitrogen and oxygen atoms in total. The Morgan fingerprint density at radius 1 is 1.08 bits per heavy atom. The van der Waals surface area contributed by atoms with Crippen LogP contribution in [-0.4, -0.2) is 35.6 Å². The first-order chi connectivity index (χ1) is 18.1. The minimum atomic E-state index is -4.89. The third kappa shape index (κ3) is 5.13. The lowest BCUT2D eigenvalue weighted by Crippen LogP contribution is -2.40. The lowest BCUT2D eigenvalue weighted by molar-refractivity contribution is -0.274. The van der Waals surface area contributed by atoms with Gasteiger partial charge in [0, 0.05) is 25.9 Å². The molecule has 200 valence electrons. The van der Waals surface area contributed by atoms with E-state index < -0.39 is 29.0 Å². The van der Waals surface area contributed by atoms with Crippen molar-refractivity contribution in [3.05, 3.63) is 75.2 Å². The summed E-state index contributed by atoms with van der Waals surface area (Å²) in [6, 6.07) is 9.98. The van der Waals surface area contributed by atoms with Crippen molar-refractivity contribution in [1.29, 1.82) is 0 Å². The summed E-state index contributed by atoms with van der Waals surface area (Å²) >= 11 is 0. The van der Waals surface area contributed by atoms with Crippen LogP contribution in [0.1, 0.15) is 25.0 Å². The Morgan fingerprint density at radius 3 is 2.50 bits per heavy atom. The summed E-state index contributed by atoms with van der Waals surface area (Å²) in [6.45, 7) is 0.106. The molecule has 38 heavy (non-hydrogen) atoms. The third-order valence-electron chi connectivity index (χ3n) is 6.34. The SMILES string of the molecule is Cn1c(=O)n(CCC2(ON)CC2)c(=O)c2c1nc(Oc1cccc(OC(F)(F)F)c1)n2Cc1ccccn1. The molecule has 0 atom stereocenters. The van der Waals surface area contributed by atoms with E-state index in [-0.39, 0.29) is 36.0 Å². The van der Waals surface area contributed by atoms with Crippen LogP contribution in [0.3, 0.4) is 0 Å². The summed E-state index contributed by atoms with van der Waals surface area (Å²) in [5.74, 6) is 4.87. The lowest BCUT2D eigenvalue weighted by atomic mass is 10.2. The number of hydrogen-bond acceptors (Lipinski definition) is 8. The molecule has 1 fully saturated rings. The number of ether oxygens (including phenoxy) is 2. The second-order valence-corrected chi connectivity index (χ2v) is 8.95. The highest BCUT2D eigenvalue weighted by Crippen LogP contribution is 2.41. The van der Waals surface area contributed by atoms with Gasteiger partial charge in [-0.2, -0.15) is 4.98 Å². The van der Waals surface area contributed by atoms with Crippen LogP contribution in [0.25, 0.3) is 11.2 Å². The van der Waals surface area contributed by atoms with Crippen LogP contribution in [0.15, 0.2) is 58.3 Å². The van der Waals surface area contributed by atoms with Crippen molar-refractivity contribution in [2.45, 2.75) is 44.3 Å². The van der Waals surface area contributed by atoms with E-state index >= 15 is 0 Å². The quantitative estimate of drug-likeness (QED) is 0.326. The number of benzene rings is 1. The molecule has 3 heterocycles. The monoisotopic (exact) mass is 532 g/mol. The van der Waals surface area contributed by atoms with Crippen LogP contribution >= 0.6 is 0 Å². The molecule has 0 saturated heterocycles. The fourth-order valence-corrected chi connectivity index (χ4v) is 4.15. The first-order valence-corrected chi connectivity index (χ1v) is 11.6. The van der Waals surface area contributed by atoms with Crippen LogP contribution in [0.2, 0.25) is 0 Å². The molecule has 0 aliphatic heterocycles. The van der Waals surface area contributed by atoms with Crippen LogP contribution in [0, 0.1) is 0 Å². The van der Waals surface area contributed by atoms with E-state index in [4.69, 9.17) is 15.5 Å². The summed E-state index contributed by atoms with van der Waals surface area (Å²) in [5, 5.41) is 0. The number of pyridine rings is 1. The number of aromatic nitrogens is 5. The van der Waals surface area contributed by atoms with Crippen molar-refractivity contribution >= 4 is 11.2 Å². The molecule has 1 aromatic carbocycles. The second-order valence-electron chi connectivity index (χ2n) is 8.95. The zero-order chi connectivity index (χ0) is 27.1. The van der Waals surface area contributed by atoms with E-state index in [9.17, 15) is 22.8 Å². The van der Waals surface area contributed by atoms with E-state index in [1.54, 1.807) is 24.4 Å². The zero-order valence-electron chi connectivity index (χ0n) is 20.1. The Balaban J connectivity index is 1.61. The van der Waals surface area contributed by atoms with Gasteiger partial charge in [0.1, 0.15) is 11.5 Å². The third-order valence-corrected chi connectivity index (χ3v) is 6.34. The van der Waals surface area contributed by atoms with Crippen molar-refractivity contribution in [3.63, 3.8) is 0 Å². The summed E-state index contributed by atoms with van der Waals surface area (Å²) in [6.07, 6.45) is -1.49. The fourth-order valence-electron chi connectivity index (χ4n) is 4.15. The van der Waals surface area contributed by atoms with Crippen molar-refractivity contribution in [2.75, 3.05) is 0 Å². The van der Waals surface area contributed by atoms with Crippen molar-refractivity contribution in [1.82, 2.24) is 23.7 Å². The first kappa shape index (κ1) is 25.5. The number of rotatable bonds is 9. The molecule has 1 aliphatic carbocycles. The van der Waals surface area contributed by atoms with Gasteiger partial charge in [0.2, 0.25) is 0 Å². The Labute approximate surface area is 212 Å². The largest absolute Gasteiger partial charge is 0.573 e. The summed E-state index contributed by atoms with van der Waals surface area (Å²) < 4.78 is 51.6. The van der Waals surface area contributed by atoms with E-state index in [2.05, 4.69) is 14.7 Å². The molecule has 0 radical (unpaired) electrons. The lowest BCUT2D eigenvalue weighted by Gasteiger charge is -2.14. The molecule has 3 aromatic heterocycles. The predicted octanol–water partition coefficient (Wildman–Crippen LogP) is 2.84. The number of halogens is 3. The van der Waals surface area contributed by atoms with E-state index in [1.807, 2.05) is 0 Å². The molecule has 0 unspecified atom stereocenters. The van der Waals surface area contributed by atoms with Crippen LogP contribution in [0.4, 0.5) is 13.2 Å². The van der Waals surface area contributed by atoms with Crippen molar-refractivity contribution in [2.24, 2.45) is 12.9 Å². The summed E-state index contributed by atoms with van der Waals surface area (Å²) in [7, 11) is 1.46. The molecular formula is C24H23F3N6O5. The van der Waals surface area contributed by atoms with Gasteiger partial charge < -0.3 is 9.47 Å². The van der Waals surface area contributed by atoms with E-state index in [0.29, 0.717) is 12.1 Å². The topological polar surface area (TPSA) is 128 Å². The number of nitrogens with zero attached hydrogens (tertiary/aromatic N) is 5. The van der Waals surface area contributed by atoms with Gasteiger partial charge in [-0.3, -0.25) is 28.3 Å². The van der Waals surface area contributed by atoms with Crippen LogP contribution in [-0.2, 0) is 25.0 Å². The number of aryl methyl sites for hydroxylation is 1. The van der Waals surface area contributed by atoms with Gasteiger partial charge in [0.05, 0.1) is 17.8 Å². The van der Waals surface area contributed by atoms with Gasteiger partial charge in [0.25, 0.3) is 5.56 Å².